The molecular formula is C13H29NO. The highest BCUT2D eigenvalue weighted by Crippen LogP contribution is 2.24. The lowest BCUT2D eigenvalue weighted by atomic mass is 9.84. The number of methoxy groups -OCH3 is 1. The highest BCUT2D eigenvalue weighted by atomic mass is 16.5. The van der Waals surface area contributed by atoms with Crippen molar-refractivity contribution < 1.29 is 4.74 Å². The molecule has 0 fully saturated rings. The van der Waals surface area contributed by atoms with Crippen molar-refractivity contribution in [2.75, 3.05) is 20.3 Å². The third kappa shape index (κ3) is 8.88. The Bertz CT molecular complexity index is 155. The van der Waals surface area contributed by atoms with Gasteiger partial charge in [-0.1, -0.05) is 27.7 Å². The van der Waals surface area contributed by atoms with Crippen molar-refractivity contribution in [3.63, 3.8) is 0 Å². The van der Waals surface area contributed by atoms with Gasteiger partial charge in [0.15, 0.2) is 0 Å². The molecular weight excluding hydrogens is 186 g/mol. The van der Waals surface area contributed by atoms with E-state index in [-0.39, 0.29) is 0 Å². The van der Waals surface area contributed by atoms with Gasteiger partial charge in [0.25, 0.3) is 0 Å². The Morgan fingerprint density at radius 2 is 1.80 bits per heavy atom. The Morgan fingerprint density at radius 3 is 2.27 bits per heavy atom. The van der Waals surface area contributed by atoms with E-state index in [1.54, 1.807) is 7.11 Å². The molecule has 0 bridgehead atoms. The van der Waals surface area contributed by atoms with Crippen LogP contribution in [-0.4, -0.2) is 26.3 Å². The van der Waals surface area contributed by atoms with Crippen LogP contribution >= 0.6 is 0 Å². The predicted molar refractivity (Wildman–Crippen MR) is 67.2 cm³/mol. The zero-order valence-electron chi connectivity index (χ0n) is 11.4. The van der Waals surface area contributed by atoms with Gasteiger partial charge in [-0.3, -0.25) is 0 Å². The number of hydrogen-bond acceptors (Lipinski definition) is 2. The second-order valence-corrected chi connectivity index (χ2v) is 5.83. The molecule has 0 aliphatic carbocycles. The van der Waals surface area contributed by atoms with Crippen LogP contribution in [0.3, 0.4) is 0 Å². The molecule has 0 aromatic carbocycles. The molecule has 1 unspecified atom stereocenters. The monoisotopic (exact) mass is 215 g/mol. The normalized spacial score (nSPS) is 14.6. The van der Waals surface area contributed by atoms with Gasteiger partial charge in [-0.05, 0) is 31.1 Å². The van der Waals surface area contributed by atoms with Crippen molar-refractivity contribution in [3.05, 3.63) is 0 Å². The summed E-state index contributed by atoms with van der Waals surface area (Å²) in [5.41, 5.74) is 0.398. The number of rotatable bonds is 8. The van der Waals surface area contributed by atoms with Gasteiger partial charge in [0.05, 0.1) is 0 Å². The Hall–Kier alpha value is -0.0800. The maximum atomic E-state index is 5.07. The molecule has 0 aromatic rings. The Labute approximate surface area is 95.8 Å². The van der Waals surface area contributed by atoms with Crippen LogP contribution in [0.5, 0.6) is 0 Å². The van der Waals surface area contributed by atoms with E-state index in [1.807, 2.05) is 0 Å². The molecule has 0 amide bonds. The van der Waals surface area contributed by atoms with Crippen LogP contribution in [0.2, 0.25) is 0 Å². The number of ether oxygens (including phenoxy) is 1. The Balaban J connectivity index is 3.71. The first-order valence-electron chi connectivity index (χ1n) is 6.09. The third-order valence-electron chi connectivity index (χ3n) is 2.64. The lowest BCUT2D eigenvalue weighted by Crippen LogP contribution is -2.36. The summed E-state index contributed by atoms with van der Waals surface area (Å²) in [5, 5.41) is 3.58. The van der Waals surface area contributed by atoms with Crippen LogP contribution in [0, 0.1) is 11.3 Å². The first-order chi connectivity index (χ1) is 6.87. The summed E-state index contributed by atoms with van der Waals surface area (Å²) in [6, 6.07) is 0.552. The average molecular weight is 215 g/mol. The summed E-state index contributed by atoms with van der Waals surface area (Å²) in [6.07, 6.45) is 2.37. The zero-order valence-corrected chi connectivity index (χ0v) is 11.4. The number of nitrogens with one attached hydrogen (secondary N) is 1. The second-order valence-electron chi connectivity index (χ2n) is 5.83. The first kappa shape index (κ1) is 14.9. The third-order valence-corrected chi connectivity index (χ3v) is 2.64. The smallest absolute Gasteiger partial charge is 0.0476 e. The Kier molecular flexibility index (Phi) is 7.20. The van der Waals surface area contributed by atoms with Crippen molar-refractivity contribution in [3.8, 4) is 0 Å². The molecule has 0 aliphatic rings. The summed E-state index contributed by atoms with van der Waals surface area (Å²) in [6.45, 7) is 13.4. The molecule has 2 heteroatoms. The highest BCUT2D eigenvalue weighted by molar-refractivity contribution is 4.75. The minimum Gasteiger partial charge on any atom is -0.385 e. The van der Waals surface area contributed by atoms with Gasteiger partial charge in [0.1, 0.15) is 0 Å². The van der Waals surface area contributed by atoms with Crippen LogP contribution in [0.1, 0.15) is 47.5 Å². The average Bonchev–Trinajstić information content (AvgIpc) is 2.09. The van der Waals surface area contributed by atoms with E-state index in [0.29, 0.717) is 11.5 Å². The topological polar surface area (TPSA) is 21.3 Å². The van der Waals surface area contributed by atoms with Gasteiger partial charge in [-0.2, -0.15) is 0 Å². The van der Waals surface area contributed by atoms with E-state index in [0.717, 1.165) is 25.5 Å². The maximum absolute atomic E-state index is 5.07. The van der Waals surface area contributed by atoms with Gasteiger partial charge in [-0.15, -0.1) is 0 Å². The standard InChI is InChI=1S/C13H29NO/c1-11(2)9-13(4,5)10-14-12(3)7-8-15-6/h11-12,14H,7-10H2,1-6H3. The van der Waals surface area contributed by atoms with Crippen molar-refractivity contribution in [1.29, 1.82) is 0 Å². The fourth-order valence-electron chi connectivity index (χ4n) is 2.02. The van der Waals surface area contributed by atoms with E-state index < -0.39 is 0 Å². The van der Waals surface area contributed by atoms with Crippen LogP contribution < -0.4 is 5.32 Å². The highest BCUT2D eigenvalue weighted by Gasteiger charge is 2.19. The summed E-state index contributed by atoms with van der Waals surface area (Å²) in [5.74, 6) is 0.774. The first-order valence-corrected chi connectivity index (χ1v) is 6.09. The van der Waals surface area contributed by atoms with Gasteiger partial charge >= 0.3 is 0 Å². The Morgan fingerprint density at radius 1 is 1.20 bits per heavy atom. The minimum absolute atomic E-state index is 0.398. The van der Waals surface area contributed by atoms with Crippen LogP contribution in [0.15, 0.2) is 0 Å². The van der Waals surface area contributed by atoms with E-state index in [9.17, 15) is 0 Å². The molecule has 0 radical (unpaired) electrons. The van der Waals surface area contributed by atoms with Crippen molar-refractivity contribution in [2.24, 2.45) is 11.3 Å². The van der Waals surface area contributed by atoms with Crippen LogP contribution in [0.25, 0.3) is 0 Å². The van der Waals surface area contributed by atoms with E-state index in [1.165, 1.54) is 6.42 Å². The summed E-state index contributed by atoms with van der Waals surface area (Å²) in [4.78, 5) is 0. The molecule has 1 atom stereocenters. The summed E-state index contributed by atoms with van der Waals surface area (Å²) in [7, 11) is 1.76. The van der Waals surface area contributed by atoms with Gasteiger partial charge in [-0.25, -0.2) is 0 Å². The van der Waals surface area contributed by atoms with E-state index in [2.05, 4.69) is 39.9 Å². The number of hydrogen-bond donors (Lipinski definition) is 1. The van der Waals surface area contributed by atoms with Gasteiger partial charge in [0.2, 0.25) is 0 Å². The van der Waals surface area contributed by atoms with Gasteiger partial charge < -0.3 is 10.1 Å². The molecule has 2 nitrogen and oxygen atoms in total. The summed E-state index contributed by atoms with van der Waals surface area (Å²) < 4.78 is 5.07. The molecule has 0 aliphatic heterocycles. The molecule has 15 heavy (non-hydrogen) atoms. The zero-order chi connectivity index (χ0) is 11.9. The fraction of sp³-hybridized carbons (Fsp3) is 1.00. The molecule has 1 N–H and O–H groups in total. The van der Waals surface area contributed by atoms with Crippen LogP contribution in [0.4, 0.5) is 0 Å². The van der Waals surface area contributed by atoms with E-state index >= 15 is 0 Å². The molecule has 0 saturated heterocycles. The van der Waals surface area contributed by atoms with Crippen molar-refractivity contribution >= 4 is 0 Å². The SMILES string of the molecule is COCCC(C)NCC(C)(C)CC(C)C. The summed E-state index contributed by atoms with van der Waals surface area (Å²) >= 11 is 0. The lowest BCUT2D eigenvalue weighted by molar-refractivity contribution is 0.179. The van der Waals surface area contributed by atoms with Gasteiger partial charge in [0, 0.05) is 26.3 Å². The molecule has 92 valence electrons. The molecule has 0 heterocycles. The van der Waals surface area contributed by atoms with E-state index in [4.69, 9.17) is 4.74 Å². The molecule has 0 saturated carbocycles. The minimum atomic E-state index is 0.398. The van der Waals surface area contributed by atoms with Crippen molar-refractivity contribution in [2.45, 2.75) is 53.5 Å². The molecule has 0 spiro atoms. The van der Waals surface area contributed by atoms with Crippen LogP contribution in [-0.2, 0) is 4.74 Å². The molecule has 0 aromatic heterocycles. The predicted octanol–water partition coefficient (Wildman–Crippen LogP) is 3.07. The van der Waals surface area contributed by atoms with Crippen molar-refractivity contribution in [1.82, 2.24) is 5.32 Å². The lowest BCUT2D eigenvalue weighted by Gasteiger charge is -2.29. The second kappa shape index (κ2) is 7.24. The quantitative estimate of drug-likeness (QED) is 0.672. The largest absolute Gasteiger partial charge is 0.385 e. The fourth-order valence-corrected chi connectivity index (χ4v) is 2.02. The molecule has 0 rings (SSSR count). The maximum Gasteiger partial charge on any atom is 0.0476 e.